The van der Waals surface area contributed by atoms with Gasteiger partial charge in [0, 0.05) is 6.08 Å². The Kier molecular flexibility index (Phi) is 3.50. The van der Waals surface area contributed by atoms with E-state index in [1.807, 2.05) is 26.0 Å². The maximum atomic E-state index is 10.4. The van der Waals surface area contributed by atoms with Crippen molar-refractivity contribution in [1.82, 2.24) is 0 Å². The fourth-order valence-corrected chi connectivity index (χ4v) is 1.40. The van der Waals surface area contributed by atoms with E-state index >= 15 is 0 Å². The lowest BCUT2D eigenvalue weighted by molar-refractivity contribution is -0.131. The normalized spacial score (nSPS) is 10.6. The zero-order valence-corrected chi connectivity index (χ0v) is 9.07. The molecule has 0 aliphatic rings. The van der Waals surface area contributed by atoms with E-state index in [-0.39, 0.29) is 0 Å². The molecule has 3 heteroatoms. The third kappa shape index (κ3) is 2.84. The molecule has 1 rings (SSSR count). The van der Waals surface area contributed by atoms with Crippen LogP contribution in [0.5, 0.6) is 5.75 Å². The second-order valence-corrected chi connectivity index (χ2v) is 3.35. The minimum absolute atomic E-state index is 0.778. The highest BCUT2D eigenvalue weighted by Gasteiger charge is 2.03. The van der Waals surface area contributed by atoms with E-state index in [4.69, 9.17) is 9.84 Å². The van der Waals surface area contributed by atoms with Crippen LogP contribution in [0, 0.1) is 13.8 Å². The van der Waals surface area contributed by atoms with Gasteiger partial charge in [-0.2, -0.15) is 0 Å². The Morgan fingerprint density at radius 2 is 2.07 bits per heavy atom. The molecule has 0 radical (unpaired) electrons. The highest BCUT2D eigenvalue weighted by Crippen LogP contribution is 2.24. The van der Waals surface area contributed by atoms with Gasteiger partial charge < -0.3 is 9.84 Å². The van der Waals surface area contributed by atoms with E-state index < -0.39 is 5.97 Å². The Labute approximate surface area is 89.0 Å². The molecular weight excluding hydrogens is 192 g/mol. The van der Waals surface area contributed by atoms with Crippen LogP contribution in [0.2, 0.25) is 0 Å². The van der Waals surface area contributed by atoms with E-state index in [1.54, 1.807) is 13.2 Å². The van der Waals surface area contributed by atoms with Crippen LogP contribution in [0.25, 0.3) is 6.08 Å². The Balaban J connectivity index is 3.17. The van der Waals surface area contributed by atoms with Crippen molar-refractivity contribution in [2.24, 2.45) is 0 Å². The van der Waals surface area contributed by atoms with Crippen molar-refractivity contribution in [3.05, 3.63) is 34.9 Å². The van der Waals surface area contributed by atoms with Crippen molar-refractivity contribution in [1.29, 1.82) is 0 Å². The Morgan fingerprint density at radius 1 is 1.40 bits per heavy atom. The molecule has 0 saturated heterocycles. The molecule has 0 fully saturated rings. The first-order valence-electron chi connectivity index (χ1n) is 4.61. The minimum atomic E-state index is -0.949. The van der Waals surface area contributed by atoms with Crippen LogP contribution >= 0.6 is 0 Å². The molecule has 1 N–H and O–H groups in total. The summed E-state index contributed by atoms with van der Waals surface area (Å²) in [6.07, 6.45) is 2.70. The van der Waals surface area contributed by atoms with Gasteiger partial charge in [-0.1, -0.05) is 6.07 Å². The summed E-state index contributed by atoms with van der Waals surface area (Å²) in [5, 5.41) is 8.54. The van der Waals surface area contributed by atoms with Gasteiger partial charge in [-0.05, 0) is 42.7 Å². The van der Waals surface area contributed by atoms with Crippen molar-refractivity contribution in [2.45, 2.75) is 13.8 Å². The Bertz CT molecular complexity index is 406. The van der Waals surface area contributed by atoms with Crippen molar-refractivity contribution in [2.75, 3.05) is 7.11 Å². The number of carbonyl (C=O) groups is 1. The summed E-state index contributed by atoms with van der Waals surface area (Å²) < 4.78 is 5.19. The molecule has 1 aromatic rings. The van der Waals surface area contributed by atoms with E-state index in [2.05, 4.69) is 0 Å². The molecular formula is C12H14O3. The summed E-state index contributed by atoms with van der Waals surface area (Å²) in [6.45, 7) is 3.85. The topological polar surface area (TPSA) is 46.5 Å². The average Bonchev–Trinajstić information content (AvgIpc) is 2.18. The lowest BCUT2D eigenvalue weighted by Crippen LogP contribution is -1.92. The number of ether oxygens (including phenoxy) is 1. The summed E-state index contributed by atoms with van der Waals surface area (Å²) in [5.41, 5.74) is 2.86. The van der Waals surface area contributed by atoms with E-state index in [0.717, 1.165) is 28.5 Å². The number of carboxylic acids is 1. The molecule has 0 aliphatic carbocycles. The summed E-state index contributed by atoms with van der Waals surface area (Å²) in [6, 6.07) is 3.85. The second-order valence-electron chi connectivity index (χ2n) is 3.35. The van der Waals surface area contributed by atoms with Gasteiger partial charge in [0.15, 0.2) is 0 Å². The van der Waals surface area contributed by atoms with Crippen LogP contribution in [0.4, 0.5) is 0 Å². The molecule has 0 spiro atoms. The molecule has 0 amide bonds. The lowest BCUT2D eigenvalue weighted by Gasteiger charge is -2.08. The van der Waals surface area contributed by atoms with Crippen LogP contribution in [0.15, 0.2) is 18.2 Å². The first-order chi connectivity index (χ1) is 7.04. The van der Waals surface area contributed by atoms with E-state index in [0.29, 0.717) is 0 Å². The molecule has 15 heavy (non-hydrogen) atoms. The number of hydrogen-bond acceptors (Lipinski definition) is 2. The number of aryl methyl sites for hydroxylation is 1. The molecule has 0 heterocycles. The molecule has 1 aromatic carbocycles. The number of benzene rings is 1. The molecule has 0 saturated carbocycles. The summed E-state index contributed by atoms with van der Waals surface area (Å²) in [5.74, 6) is -0.171. The Morgan fingerprint density at radius 3 is 2.60 bits per heavy atom. The van der Waals surface area contributed by atoms with Gasteiger partial charge in [-0.15, -0.1) is 0 Å². The average molecular weight is 206 g/mol. The molecule has 3 nitrogen and oxygen atoms in total. The van der Waals surface area contributed by atoms with Gasteiger partial charge in [0.1, 0.15) is 5.75 Å². The number of hydrogen-bond donors (Lipinski definition) is 1. The van der Waals surface area contributed by atoms with Gasteiger partial charge in [0.25, 0.3) is 0 Å². The molecule has 0 unspecified atom stereocenters. The summed E-state index contributed by atoms with van der Waals surface area (Å²) >= 11 is 0. The standard InChI is InChI=1S/C12H14O3/c1-8-6-10(4-5-12(13)14)9(2)11(7-8)15-3/h4-7H,1-3H3,(H,13,14)/b5-4+. The molecule has 0 aliphatic heterocycles. The van der Waals surface area contributed by atoms with Crippen LogP contribution in [-0.4, -0.2) is 18.2 Å². The fraction of sp³-hybridized carbons (Fsp3) is 0.250. The molecule has 0 bridgehead atoms. The highest BCUT2D eigenvalue weighted by molar-refractivity contribution is 5.85. The van der Waals surface area contributed by atoms with Gasteiger partial charge >= 0.3 is 5.97 Å². The zero-order valence-electron chi connectivity index (χ0n) is 9.07. The lowest BCUT2D eigenvalue weighted by atomic mass is 10.0. The second kappa shape index (κ2) is 4.64. The SMILES string of the molecule is COc1cc(C)cc(/C=C/C(=O)O)c1C. The smallest absolute Gasteiger partial charge is 0.328 e. The van der Waals surface area contributed by atoms with Gasteiger partial charge in [0.05, 0.1) is 7.11 Å². The number of carboxylic acid groups (broad SMARTS) is 1. The van der Waals surface area contributed by atoms with Gasteiger partial charge in [-0.3, -0.25) is 0 Å². The van der Waals surface area contributed by atoms with E-state index in [9.17, 15) is 4.79 Å². The van der Waals surface area contributed by atoms with Crippen molar-refractivity contribution in [3.63, 3.8) is 0 Å². The van der Waals surface area contributed by atoms with Crippen LogP contribution in [0.3, 0.4) is 0 Å². The van der Waals surface area contributed by atoms with Crippen molar-refractivity contribution < 1.29 is 14.6 Å². The van der Waals surface area contributed by atoms with Crippen molar-refractivity contribution in [3.8, 4) is 5.75 Å². The summed E-state index contributed by atoms with van der Waals surface area (Å²) in [7, 11) is 1.60. The predicted octanol–water partition coefficient (Wildman–Crippen LogP) is 2.41. The third-order valence-electron chi connectivity index (χ3n) is 2.17. The first-order valence-corrected chi connectivity index (χ1v) is 4.61. The first kappa shape index (κ1) is 11.3. The van der Waals surface area contributed by atoms with E-state index in [1.165, 1.54) is 0 Å². The molecule has 0 aromatic heterocycles. The monoisotopic (exact) mass is 206 g/mol. The molecule has 0 atom stereocenters. The quantitative estimate of drug-likeness (QED) is 0.772. The number of rotatable bonds is 3. The van der Waals surface area contributed by atoms with Gasteiger partial charge in [0.2, 0.25) is 0 Å². The molecule has 80 valence electrons. The number of methoxy groups -OCH3 is 1. The maximum Gasteiger partial charge on any atom is 0.328 e. The third-order valence-corrected chi connectivity index (χ3v) is 2.17. The minimum Gasteiger partial charge on any atom is -0.496 e. The Hall–Kier alpha value is -1.77. The predicted molar refractivity (Wildman–Crippen MR) is 59.1 cm³/mol. The maximum absolute atomic E-state index is 10.4. The number of aliphatic carboxylic acids is 1. The van der Waals surface area contributed by atoms with Gasteiger partial charge in [-0.25, -0.2) is 4.79 Å². The van der Waals surface area contributed by atoms with Crippen molar-refractivity contribution >= 4 is 12.0 Å². The van der Waals surface area contributed by atoms with Crippen LogP contribution in [0.1, 0.15) is 16.7 Å². The zero-order chi connectivity index (χ0) is 11.4. The van der Waals surface area contributed by atoms with Crippen LogP contribution in [-0.2, 0) is 4.79 Å². The largest absolute Gasteiger partial charge is 0.496 e. The fourth-order valence-electron chi connectivity index (χ4n) is 1.40. The van der Waals surface area contributed by atoms with Crippen LogP contribution < -0.4 is 4.74 Å². The summed E-state index contributed by atoms with van der Waals surface area (Å²) in [4.78, 5) is 10.4. The highest BCUT2D eigenvalue weighted by atomic mass is 16.5.